The van der Waals surface area contributed by atoms with Gasteiger partial charge in [-0.05, 0) is 106 Å². The van der Waals surface area contributed by atoms with Gasteiger partial charge in [0.15, 0.2) is 0 Å². The molecule has 266 valence electrons. The Hall–Kier alpha value is -7.16. The first-order chi connectivity index (χ1) is 27.8. The number of hydrogen-bond donors (Lipinski definition) is 0. The van der Waals surface area contributed by atoms with Gasteiger partial charge < -0.3 is 9.47 Å². The van der Waals surface area contributed by atoms with Crippen LogP contribution in [0.5, 0.6) is 0 Å². The van der Waals surface area contributed by atoms with E-state index in [1.165, 1.54) is 83.4 Å². The van der Waals surface area contributed by atoms with Crippen molar-refractivity contribution in [2.75, 3.05) is 4.90 Å². The minimum Gasteiger partial charge on any atom is -0.334 e. The molecule has 1 aromatic heterocycles. The molecule has 1 heterocycles. The Labute approximate surface area is 328 Å². The summed E-state index contributed by atoms with van der Waals surface area (Å²) in [6, 6.07) is 74.8. The molecule has 56 heavy (non-hydrogen) atoms. The standard InChI is InChI=1S/C54H40N2/c1-4-12-39(13-5-1)42-24-31-48(32-25-42)55(49-33-26-43(27-34-49)40-14-6-2-7-15-40)50-35-28-44(29-36-50)41-20-22-45(23-21-41)46-30-37-54-52(38-46)51-18-10-11-19-53(51)56(54)47-16-8-3-9-17-47/h1-33,35-38,49H,34H2. The van der Waals surface area contributed by atoms with Gasteiger partial charge >= 0.3 is 0 Å². The van der Waals surface area contributed by atoms with Crippen LogP contribution in [-0.2, 0) is 0 Å². The molecule has 0 radical (unpaired) electrons. The highest BCUT2D eigenvalue weighted by Crippen LogP contribution is 2.38. The van der Waals surface area contributed by atoms with E-state index in [-0.39, 0.29) is 6.04 Å². The van der Waals surface area contributed by atoms with Crippen molar-refractivity contribution in [3.8, 4) is 39.1 Å². The first-order valence-electron chi connectivity index (χ1n) is 19.4. The van der Waals surface area contributed by atoms with Gasteiger partial charge in [-0.3, -0.25) is 0 Å². The molecule has 9 aromatic rings. The number of anilines is 2. The average molecular weight is 717 g/mol. The third-order valence-electron chi connectivity index (χ3n) is 11.2. The SMILES string of the molecule is C1=CC(N(c2ccc(-c3ccccc3)cc2)c2ccc(-c3ccc(-c4ccc5c(c4)c4ccccc4n5-c4ccccc4)cc3)cc2)CC=C1c1ccccc1. The molecule has 1 aliphatic carbocycles. The highest BCUT2D eigenvalue weighted by Gasteiger charge is 2.21. The minimum atomic E-state index is 0.189. The van der Waals surface area contributed by atoms with E-state index in [2.05, 4.69) is 234 Å². The van der Waals surface area contributed by atoms with Crippen molar-refractivity contribution < 1.29 is 0 Å². The van der Waals surface area contributed by atoms with Gasteiger partial charge in [0.05, 0.1) is 17.1 Å². The second-order valence-corrected chi connectivity index (χ2v) is 14.5. The van der Waals surface area contributed by atoms with Crippen molar-refractivity contribution in [2.24, 2.45) is 0 Å². The average Bonchev–Trinajstić information content (AvgIpc) is 3.62. The lowest BCUT2D eigenvalue weighted by atomic mass is 9.95. The lowest BCUT2D eigenvalue weighted by molar-refractivity contribution is 0.787. The van der Waals surface area contributed by atoms with E-state index < -0.39 is 0 Å². The fraction of sp³-hybridized carbons (Fsp3) is 0.0370. The van der Waals surface area contributed by atoms with Crippen LogP contribution in [0.4, 0.5) is 11.4 Å². The summed E-state index contributed by atoms with van der Waals surface area (Å²) < 4.78 is 2.37. The summed E-state index contributed by atoms with van der Waals surface area (Å²) in [6.07, 6.45) is 7.93. The summed E-state index contributed by atoms with van der Waals surface area (Å²) in [5, 5.41) is 2.53. The Bertz CT molecular complexity index is 2830. The topological polar surface area (TPSA) is 8.17 Å². The molecule has 0 spiro atoms. The van der Waals surface area contributed by atoms with Crippen LogP contribution in [0.15, 0.2) is 224 Å². The molecule has 0 aliphatic heterocycles. The normalized spacial score (nSPS) is 13.9. The van der Waals surface area contributed by atoms with Gasteiger partial charge in [-0.1, -0.05) is 170 Å². The van der Waals surface area contributed by atoms with E-state index in [9.17, 15) is 0 Å². The molecule has 10 rings (SSSR count). The Morgan fingerprint density at radius 3 is 1.45 bits per heavy atom. The van der Waals surface area contributed by atoms with E-state index in [4.69, 9.17) is 0 Å². The third kappa shape index (κ3) is 6.32. The first kappa shape index (κ1) is 33.4. The van der Waals surface area contributed by atoms with Gasteiger partial charge in [0.1, 0.15) is 0 Å². The Kier molecular flexibility index (Phi) is 8.70. The summed E-state index contributed by atoms with van der Waals surface area (Å²) in [7, 11) is 0. The van der Waals surface area contributed by atoms with Crippen LogP contribution in [0.1, 0.15) is 12.0 Å². The Morgan fingerprint density at radius 1 is 0.393 bits per heavy atom. The van der Waals surface area contributed by atoms with Gasteiger partial charge in [-0.15, -0.1) is 0 Å². The summed E-state index contributed by atoms with van der Waals surface area (Å²) in [5.74, 6) is 0. The van der Waals surface area contributed by atoms with Crippen LogP contribution in [-0.4, -0.2) is 10.6 Å². The summed E-state index contributed by atoms with van der Waals surface area (Å²) in [6.45, 7) is 0. The lowest BCUT2D eigenvalue weighted by Crippen LogP contribution is -2.30. The fourth-order valence-electron chi connectivity index (χ4n) is 8.30. The van der Waals surface area contributed by atoms with Crippen molar-refractivity contribution in [3.05, 3.63) is 230 Å². The predicted octanol–water partition coefficient (Wildman–Crippen LogP) is 14.3. The number of aromatic nitrogens is 1. The highest BCUT2D eigenvalue weighted by atomic mass is 15.2. The summed E-state index contributed by atoms with van der Waals surface area (Å²) in [5.41, 5.74) is 15.8. The van der Waals surface area contributed by atoms with Crippen LogP contribution < -0.4 is 4.90 Å². The van der Waals surface area contributed by atoms with Gasteiger partial charge in [0, 0.05) is 27.8 Å². The van der Waals surface area contributed by atoms with Crippen LogP contribution in [0, 0.1) is 0 Å². The maximum Gasteiger partial charge on any atom is 0.0560 e. The van der Waals surface area contributed by atoms with Crippen LogP contribution in [0.2, 0.25) is 0 Å². The first-order valence-corrected chi connectivity index (χ1v) is 19.4. The van der Waals surface area contributed by atoms with Crippen LogP contribution in [0.3, 0.4) is 0 Å². The molecule has 0 fully saturated rings. The molecule has 1 unspecified atom stereocenters. The van der Waals surface area contributed by atoms with Crippen molar-refractivity contribution in [3.63, 3.8) is 0 Å². The van der Waals surface area contributed by atoms with Crippen LogP contribution >= 0.6 is 0 Å². The largest absolute Gasteiger partial charge is 0.334 e. The van der Waals surface area contributed by atoms with Crippen LogP contribution in [0.25, 0.3) is 66.4 Å². The third-order valence-corrected chi connectivity index (χ3v) is 11.2. The van der Waals surface area contributed by atoms with Crippen molar-refractivity contribution in [1.29, 1.82) is 0 Å². The smallest absolute Gasteiger partial charge is 0.0560 e. The van der Waals surface area contributed by atoms with E-state index in [0.717, 1.165) is 6.42 Å². The second kappa shape index (κ2) is 14.6. The number of hydrogen-bond acceptors (Lipinski definition) is 1. The Morgan fingerprint density at radius 2 is 0.857 bits per heavy atom. The monoisotopic (exact) mass is 716 g/mol. The van der Waals surface area contributed by atoms with Crippen molar-refractivity contribution in [1.82, 2.24) is 4.57 Å². The zero-order valence-corrected chi connectivity index (χ0v) is 31.0. The molecule has 0 amide bonds. The second-order valence-electron chi connectivity index (χ2n) is 14.5. The van der Waals surface area contributed by atoms with Crippen molar-refractivity contribution in [2.45, 2.75) is 12.5 Å². The number of nitrogens with zero attached hydrogens (tertiary/aromatic N) is 2. The van der Waals surface area contributed by atoms with Gasteiger partial charge in [-0.2, -0.15) is 0 Å². The molecule has 2 heteroatoms. The molecule has 8 aromatic carbocycles. The van der Waals surface area contributed by atoms with E-state index in [1.54, 1.807) is 0 Å². The van der Waals surface area contributed by atoms with Gasteiger partial charge in [0.25, 0.3) is 0 Å². The zero-order valence-electron chi connectivity index (χ0n) is 31.0. The van der Waals surface area contributed by atoms with Crippen molar-refractivity contribution >= 4 is 38.8 Å². The Balaban J connectivity index is 0.941. The van der Waals surface area contributed by atoms with E-state index in [1.807, 2.05) is 0 Å². The predicted molar refractivity (Wildman–Crippen MR) is 238 cm³/mol. The number of benzene rings is 8. The summed E-state index contributed by atoms with van der Waals surface area (Å²) in [4.78, 5) is 2.47. The summed E-state index contributed by atoms with van der Waals surface area (Å²) >= 11 is 0. The molecule has 0 saturated carbocycles. The van der Waals surface area contributed by atoms with Gasteiger partial charge in [0.2, 0.25) is 0 Å². The number of rotatable bonds is 8. The quantitative estimate of drug-likeness (QED) is 0.152. The molecular formula is C54H40N2. The molecule has 0 bridgehead atoms. The van der Waals surface area contributed by atoms with E-state index >= 15 is 0 Å². The van der Waals surface area contributed by atoms with E-state index in [0.29, 0.717) is 0 Å². The highest BCUT2D eigenvalue weighted by molar-refractivity contribution is 6.10. The molecular weight excluding hydrogens is 677 g/mol. The molecule has 0 N–H and O–H groups in total. The number of fused-ring (bicyclic) bond motifs is 3. The molecule has 1 atom stereocenters. The minimum absolute atomic E-state index is 0.189. The molecule has 2 nitrogen and oxygen atoms in total. The number of allylic oxidation sites excluding steroid dienone is 2. The number of para-hydroxylation sites is 2. The fourth-order valence-corrected chi connectivity index (χ4v) is 8.30. The molecule has 1 aliphatic rings. The zero-order chi connectivity index (χ0) is 37.3. The lowest BCUT2D eigenvalue weighted by Gasteiger charge is -2.33. The molecule has 0 saturated heterocycles. The van der Waals surface area contributed by atoms with Gasteiger partial charge in [-0.25, -0.2) is 0 Å². The maximum atomic E-state index is 2.47. The maximum absolute atomic E-state index is 2.47.